The Labute approximate surface area is 172 Å². The van der Waals surface area contributed by atoms with E-state index in [1.807, 2.05) is 18.7 Å². The van der Waals surface area contributed by atoms with E-state index in [-0.39, 0.29) is 47.0 Å². The van der Waals surface area contributed by atoms with Gasteiger partial charge in [-0.05, 0) is 19.9 Å². The monoisotopic (exact) mass is 422 g/mol. The molecule has 2 N–H and O–H groups in total. The average molecular weight is 422 g/mol. The molecule has 0 saturated carbocycles. The van der Waals surface area contributed by atoms with Crippen LogP contribution in [0.2, 0.25) is 0 Å². The number of alkyl halides is 2. The van der Waals surface area contributed by atoms with E-state index < -0.39 is 6.43 Å². The number of hydrogen-bond donors (Lipinski definition) is 1. The minimum Gasteiger partial charge on any atom is -0.457 e. The Hall–Kier alpha value is -2.66. The van der Waals surface area contributed by atoms with Crippen molar-refractivity contribution in [1.82, 2.24) is 19.9 Å². The Morgan fingerprint density at radius 1 is 1.13 bits per heavy atom. The summed E-state index contributed by atoms with van der Waals surface area (Å²) in [5.41, 5.74) is 5.40. The predicted octanol–water partition coefficient (Wildman–Crippen LogP) is 2.23. The number of aromatic nitrogens is 4. The fourth-order valence-electron chi connectivity index (χ4n) is 3.64. The molecule has 0 radical (unpaired) electrons. The lowest BCUT2D eigenvalue weighted by Gasteiger charge is -2.38. The van der Waals surface area contributed by atoms with Gasteiger partial charge in [0.15, 0.2) is 5.82 Å². The Morgan fingerprint density at radius 3 is 2.57 bits per heavy atom. The van der Waals surface area contributed by atoms with Gasteiger partial charge in [0.1, 0.15) is 11.9 Å². The summed E-state index contributed by atoms with van der Waals surface area (Å²) in [7, 11) is 0. The number of anilines is 2. The molecule has 0 unspecified atom stereocenters. The summed E-state index contributed by atoms with van der Waals surface area (Å²) in [4.78, 5) is 19.2. The van der Waals surface area contributed by atoms with Gasteiger partial charge in [0, 0.05) is 23.7 Å². The molecule has 2 aromatic rings. The first kappa shape index (κ1) is 20.6. The topological polar surface area (TPSA) is 109 Å². The zero-order chi connectivity index (χ0) is 21.3. The molecule has 4 rings (SSSR count). The molecule has 2 saturated heterocycles. The van der Waals surface area contributed by atoms with Crippen molar-refractivity contribution in [2.24, 2.45) is 0 Å². The lowest BCUT2D eigenvalue weighted by atomic mass is 10.1. The molecule has 0 aliphatic carbocycles. The van der Waals surface area contributed by atoms with Crippen molar-refractivity contribution >= 4 is 11.8 Å². The van der Waals surface area contributed by atoms with E-state index in [1.165, 1.54) is 6.20 Å². The van der Waals surface area contributed by atoms with Gasteiger partial charge in [-0.2, -0.15) is 15.0 Å². The third kappa shape index (κ3) is 4.26. The molecule has 162 valence electrons. The Balaban J connectivity index is 1.79. The fourth-order valence-corrected chi connectivity index (χ4v) is 3.64. The van der Waals surface area contributed by atoms with Gasteiger partial charge in [0.05, 0.1) is 38.5 Å². The largest absolute Gasteiger partial charge is 0.457 e. The van der Waals surface area contributed by atoms with Gasteiger partial charge in [-0.1, -0.05) is 0 Å². The number of hydrogen-bond acceptors (Lipinski definition) is 9. The first-order valence-corrected chi connectivity index (χ1v) is 9.83. The van der Waals surface area contributed by atoms with Crippen LogP contribution in [0.25, 0.3) is 11.4 Å². The molecule has 2 aliphatic heterocycles. The highest BCUT2D eigenvalue weighted by Gasteiger charge is 2.30. The van der Waals surface area contributed by atoms with Crippen molar-refractivity contribution in [2.45, 2.75) is 44.9 Å². The molecule has 0 spiro atoms. The molecular weight excluding hydrogens is 398 g/mol. The normalized spacial score (nSPS) is 24.4. The number of nitrogens with zero attached hydrogens (tertiary/aromatic N) is 5. The van der Waals surface area contributed by atoms with Crippen LogP contribution in [-0.4, -0.2) is 64.6 Å². The van der Waals surface area contributed by atoms with Gasteiger partial charge in [-0.15, -0.1) is 0 Å². The molecule has 2 aliphatic rings. The van der Waals surface area contributed by atoms with E-state index in [0.29, 0.717) is 38.8 Å². The van der Waals surface area contributed by atoms with Crippen LogP contribution in [0.3, 0.4) is 0 Å². The van der Waals surface area contributed by atoms with Crippen LogP contribution >= 0.6 is 0 Å². The molecule has 30 heavy (non-hydrogen) atoms. The fraction of sp³-hybridized carbons (Fsp3) is 0.579. The van der Waals surface area contributed by atoms with Crippen molar-refractivity contribution in [1.29, 1.82) is 0 Å². The minimum absolute atomic E-state index is 0.00155. The second-order valence-corrected chi connectivity index (χ2v) is 7.48. The minimum atomic E-state index is -2.76. The highest BCUT2D eigenvalue weighted by atomic mass is 19.3. The summed E-state index contributed by atoms with van der Waals surface area (Å²) < 4.78 is 44.1. The molecule has 0 bridgehead atoms. The third-order valence-corrected chi connectivity index (χ3v) is 5.09. The lowest BCUT2D eigenvalue weighted by Crippen LogP contribution is -2.50. The third-order valence-electron chi connectivity index (χ3n) is 5.09. The molecule has 0 amide bonds. The standard InChI is InChI=1S/C19H24F2N6O3/c1-10-7-29-8-11(2)27(10)18-24-17(14-6-23-15(22)5-13(14)16(20)21)25-19(26-18)30-12-3-4-28-9-12/h5-6,10-12,16H,3-4,7-9H2,1-2H3,(H2,22,23)/t10-,11+,12-/m0/s1. The molecule has 4 heterocycles. The lowest BCUT2D eigenvalue weighted by molar-refractivity contribution is 0.0744. The highest BCUT2D eigenvalue weighted by Crippen LogP contribution is 2.32. The van der Waals surface area contributed by atoms with Crippen LogP contribution in [-0.2, 0) is 9.47 Å². The van der Waals surface area contributed by atoms with E-state index in [1.54, 1.807) is 0 Å². The first-order chi connectivity index (χ1) is 14.4. The summed E-state index contributed by atoms with van der Waals surface area (Å²) in [5.74, 6) is 0.398. The molecule has 0 aromatic carbocycles. The van der Waals surface area contributed by atoms with Crippen LogP contribution in [0.4, 0.5) is 20.5 Å². The number of nitrogens with two attached hydrogens (primary N) is 1. The molecule has 2 fully saturated rings. The van der Waals surface area contributed by atoms with Crippen LogP contribution in [0.1, 0.15) is 32.3 Å². The SMILES string of the molecule is C[C@@H]1COC[C@H](C)N1c1nc(O[C@H]2CCOC2)nc(-c2cnc(N)cc2C(F)F)n1. The second-order valence-electron chi connectivity index (χ2n) is 7.48. The first-order valence-electron chi connectivity index (χ1n) is 9.83. The maximum Gasteiger partial charge on any atom is 0.322 e. The maximum absolute atomic E-state index is 13.7. The molecule has 9 nitrogen and oxygen atoms in total. The number of halogens is 2. The molecular formula is C19H24F2N6O3. The van der Waals surface area contributed by atoms with Crippen molar-refractivity contribution in [3.8, 4) is 17.4 Å². The van der Waals surface area contributed by atoms with Crippen LogP contribution in [0, 0.1) is 0 Å². The predicted molar refractivity (Wildman–Crippen MR) is 105 cm³/mol. The van der Waals surface area contributed by atoms with Gasteiger partial charge >= 0.3 is 6.01 Å². The number of nitrogen functional groups attached to an aromatic ring is 1. The Kier molecular flexibility index (Phi) is 5.91. The number of ether oxygens (including phenoxy) is 3. The molecule has 2 aromatic heterocycles. The van der Waals surface area contributed by atoms with E-state index in [4.69, 9.17) is 19.9 Å². The van der Waals surface area contributed by atoms with Crippen LogP contribution in [0.5, 0.6) is 6.01 Å². The van der Waals surface area contributed by atoms with Gasteiger partial charge in [-0.3, -0.25) is 0 Å². The zero-order valence-electron chi connectivity index (χ0n) is 16.8. The van der Waals surface area contributed by atoms with E-state index in [2.05, 4.69) is 19.9 Å². The van der Waals surface area contributed by atoms with Crippen LogP contribution < -0.4 is 15.4 Å². The number of rotatable bonds is 5. The second kappa shape index (κ2) is 8.60. The summed E-state index contributed by atoms with van der Waals surface area (Å²) >= 11 is 0. The summed E-state index contributed by atoms with van der Waals surface area (Å²) in [6, 6.07) is 1.18. The van der Waals surface area contributed by atoms with Gasteiger partial charge in [0.25, 0.3) is 6.43 Å². The van der Waals surface area contributed by atoms with Gasteiger partial charge in [-0.25, -0.2) is 13.8 Å². The van der Waals surface area contributed by atoms with Gasteiger partial charge in [0.2, 0.25) is 5.95 Å². The smallest absolute Gasteiger partial charge is 0.322 e. The van der Waals surface area contributed by atoms with Crippen molar-refractivity contribution in [3.63, 3.8) is 0 Å². The summed E-state index contributed by atoms with van der Waals surface area (Å²) in [5, 5.41) is 0. The quantitative estimate of drug-likeness (QED) is 0.776. The van der Waals surface area contributed by atoms with E-state index in [0.717, 1.165) is 6.07 Å². The van der Waals surface area contributed by atoms with Gasteiger partial charge < -0.3 is 24.8 Å². The van der Waals surface area contributed by atoms with Crippen molar-refractivity contribution in [3.05, 3.63) is 17.8 Å². The zero-order valence-corrected chi connectivity index (χ0v) is 16.8. The van der Waals surface area contributed by atoms with E-state index in [9.17, 15) is 8.78 Å². The molecule has 3 atom stereocenters. The average Bonchev–Trinajstić information content (AvgIpc) is 3.20. The summed E-state index contributed by atoms with van der Waals surface area (Å²) in [6.45, 7) is 5.99. The summed E-state index contributed by atoms with van der Waals surface area (Å²) in [6.07, 6.45) is -1.01. The van der Waals surface area contributed by atoms with E-state index >= 15 is 0 Å². The van der Waals surface area contributed by atoms with Crippen LogP contribution in [0.15, 0.2) is 12.3 Å². The number of pyridine rings is 1. The Morgan fingerprint density at radius 2 is 1.90 bits per heavy atom. The number of morpholine rings is 1. The Bertz CT molecular complexity index is 887. The molecule has 11 heteroatoms. The highest BCUT2D eigenvalue weighted by molar-refractivity contribution is 5.63. The maximum atomic E-state index is 13.7. The van der Waals surface area contributed by atoms with Crippen molar-refractivity contribution in [2.75, 3.05) is 37.1 Å². The van der Waals surface area contributed by atoms with Crippen molar-refractivity contribution < 1.29 is 23.0 Å².